The fourth-order valence-corrected chi connectivity index (χ4v) is 1.12. The molecule has 0 aliphatic carbocycles. The van der Waals surface area contributed by atoms with Gasteiger partial charge >= 0.3 is 5.97 Å². The molecule has 0 bridgehead atoms. The SMILES string of the molecule is O=C(O)c1ncc2ccc(F)cn12. The first-order chi connectivity index (χ1) is 6.18. The van der Waals surface area contributed by atoms with E-state index in [4.69, 9.17) is 5.11 Å². The molecule has 0 amide bonds. The lowest BCUT2D eigenvalue weighted by Crippen LogP contribution is -2.03. The van der Waals surface area contributed by atoms with Crippen molar-refractivity contribution in [2.24, 2.45) is 0 Å². The number of aromatic carboxylic acids is 1. The Labute approximate surface area is 72.3 Å². The third-order valence-corrected chi connectivity index (χ3v) is 1.68. The standard InChI is InChI=1S/C8H5FN2O2/c9-5-1-2-6-3-10-7(8(12)13)11(6)4-5/h1-4H,(H,12,13). The van der Waals surface area contributed by atoms with Crippen LogP contribution in [0.3, 0.4) is 0 Å². The maximum Gasteiger partial charge on any atom is 0.372 e. The number of carboxylic acids is 1. The molecule has 0 aliphatic rings. The quantitative estimate of drug-likeness (QED) is 0.716. The molecule has 0 saturated heterocycles. The van der Waals surface area contributed by atoms with Crippen LogP contribution in [-0.2, 0) is 0 Å². The van der Waals surface area contributed by atoms with E-state index in [9.17, 15) is 9.18 Å². The van der Waals surface area contributed by atoms with Crippen LogP contribution in [0.4, 0.5) is 4.39 Å². The van der Waals surface area contributed by atoms with E-state index in [1.807, 2.05) is 0 Å². The van der Waals surface area contributed by atoms with E-state index in [0.717, 1.165) is 6.20 Å². The highest BCUT2D eigenvalue weighted by Gasteiger charge is 2.10. The summed E-state index contributed by atoms with van der Waals surface area (Å²) in [6.07, 6.45) is 2.47. The minimum absolute atomic E-state index is 0.186. The van der Waals surface area contributed by atoms with Gasteiger partial charge in [-0.2, -0.15) is 0 Å². The molecule has 1 N–H and O–H groups in total. The van der Waals surface area contributed by atoms with Crippen LogP contribution in [0, 0.1) is 5.82 Å². The number of hydrogen-bond acceptors (Lipinski definition) is 2. The Morgan fingerprint density at radius 2 is 2.31 bits per heavy atom. The number of hydrogen-bond donors (Lipinski definition) is 1. The molecule has 2 rings (SSSR count). The maximum atomic E-state index is 12.7. The van der Waals surface area contributed by atoms with Crippen molar-refractivity contribution in [3.8, 4) is 0 Å². The molecule has 0 aliphatic heterocycles. The molecule has 66 valence electrons. The predicted molar refractivity (Wildman–Crippen MR) is 42.1 cm³/mol. The van der Waals surface area contributed by atoms with Crippen molar-refractivity contribution in [3.05, 3.63) is 36.2 Å². The molecule has 5 heteroatoms. The largest absolute Gasteiger partial charge is 0.475 e. The molecule has 0 atom stereocenters. The minimum Gasteiger partial charge on any atom is -0.475 e. The lowest BCUT2D eigenvalue weighted by atomic mass is 10.4. The van der Waals surface area contributed by atoms with Gasteiger partial charge in [0.25, 0.3) is 0 Å². The minimum atomic E-state index is -1.18. The first kappa shape index (κ1) is 7.72. The molecular weight excluding hydrogens is 175 g/mol. The van der Waals surface area contributed by atoms with Crippen LogP contribution < -0.4 is 0 Å². The summed E-state index contributed by atoms with van der Waals surface area (Å²) in [6.45, 7) is 0. The summed E-state index contributed by atoms with van der Waals surface area (Å²) in [6, 6.07) is 2.72. The normalized spacial score (nSPS) is 10.5. The fourth-order valence-electron chi connectivity index (χ4n) is 1.12. The number of rotatable bonds is 1. The summed E-state index contributed by atoms with van der Waals surface area (Å²) < 4.78 is 13.9. The number of aromatic nitrogens is 2. The number of nitrogens with zero attached hydrogens (tertiary/aromatic N) is 2. The molecule has 0 radical (unpaired) electrons. The Bertz CT molecular complexity index is 478. The molecule has 0 aromatic carbocycles. The van der Waals surface area contributed by atoms with Gasteiger partial charge in [-0.15, -0.1) is 0 Å². The summed E-state index contributed by atoms with van der Waals surface area (Å²) in [5, 5.41) is 8.66. The monoisotopic (exact) mass is 180 g/mol. The van der Waals surface area contributed by atoms with E-state index < -0.39 is 11.8 Å². The van der Waals surface area contributed by atoms with E-state index in [2.05, 4.69) is 4.98 Å². The zero-order chi connectivity index (χ0) is 9.42. The molecular formula is C8H5FN2O2. The summed E-state index contributed by atoms with van der Waals surface area (Å²) in [5.74, 6) is -1.85. The smallest absolute Gasteiger partial charge is 0.372 e. The van der Waals surface area contributed by atoms with Crippen LogP contribution in [0.25, 0.3) is 5.52 Å². The van der Waals surface area contributed by atoms with Gasteiger partial charge in [0.05, 0.1) is 11.7 Å². The van der Waals surface area contributed by atoms with Crippen LogP contribution in [0.1, 0.15) is 10.6 Å². The molecule has 2 aromatic heterocycles. The summed E-state index contributed by atoms with van der Waals surface area (Å²) in [4.78, 5) is 14.2. The van der Waals surface area contributed by atoms with Gasteiger partial charge in [0.2, 0.25) is 5.82 Å². The zero-order valence-electron chi connectivity index (χ0n) is 6.44. The van der Waals surface area contributed by atoms with Crippen molar-refractivity contribution < 1.29 is 14.3 Å². The lowest BCUT2D eigenvalue weighted by Gasteiger charge is -1.95. The van der Waals surface area contributed by atoms with Crippen molar-refractivity contribution in [2.75, 3.05) is 0 Å². The van der Waals surface area contributed by atoms with E-state index in [0.29, 0.717) is 5.52 Å². The van der Waals surface area contributed by atoms with Gasteiger partial charge in [-0.3, -0.25) is 4.40 Å². The van der Waals surface area contributed by atoms with Gasteiger partial charge in [-0.25, -0.2) is 14.2 Å². The molecule has 0 spiro atoms. The molecule has 2 aromatic rings. The van der Waals surface area contributed by atoms with Crippen molar-refractivity contribution in [1.82, 2.24) is 9.38 Å². The Morgan fingerprint density at radius 1 is 1.54 bits per heavy atom. The molecule has 0 saturated carbocycles. The van der Waals surface area contributed by atoms with Gasteiger partial charge < -0.3 is 5.11 Å². The lowest BCUT2D eigenvalue weighted by molar-refractivity contribution is 0.0683. The highest BCUT2D eigenvalue weighted by Crippen LogP contribution is 2.08. The molecule has 13 heavy (non-hydrogen) atoms. The third kappa shape index (κ3) is 1.14. The first-order valence-corrected chi connectivity index (χ1v) is 3.54. The van der Waals surface area contributed by atoms with Crippen LogP contribution in [0.15, 0.2) is 24.5 Å². The number of carbonyl (C=O) groups is 1. The number of pyridine rings is 1. The molecule has 4 nitrogen and oxygen atoms in total. The average molecular weight is 180 g/mol. The number of halogens is 1. The van der Waals surface area contributed by atoms with E-state index in [1.165, 1.54) is 22.7 Å². The highest BCUT2D eigenvalue weighted by molar-refractivity contribution is 5.84. The zero-order valence-corrected chi connectivity index (χ0v) is 6.44. The molecule has 0 fully saturated rings. The van der Waals surface area contributed by atoms with Crippen LogP contribution in [0.5, 0.6) is 0 Å². The van der Waals surface area contributed by atoms with Gasteiger partial charge in [0, 0.05) is 6.20 Å². The van der Waals surface area contributed by atoms with E-state index in [-0.39, 0.29) is 5.82 Å². The van der Waals surface area contributed by atoms with Crippen molar-refractivity contribution in [2.45, 2.75) is 0 Å². The summed E-state index contributed by atoms with van der Waals surface area (Å²) in [5.41, 5.74) is 0.554. The van der Waals surface area contributed by atoms with Crippen molar-refractivity contribution in [3.63, 3.8) is 0 Å². The number of carboxylic acid groups (broad SMARTS) is 1. The predicted octanol–water partition coefficient (Wildman–Crippen LogP) is 1.17. The van der Waals surface area contributed by atoms with Gasteiger partial charge in [0.15, 0.2) is 0 Å². The second-order valence-electron chi connectivity index (χ2n) is 2.53. The van der Waals surface area contributed by atoms with Gasteiger partial charge in [-0.05, 0) is 12.1 Å². The Morgan fingerprint density at radius 3 is 3.00 bits per heavy atom. The van der Waals surface area contributed by atoms with Crippen molar-refractivity contribution in [1.29, 1.82) is 0 Å². The maximum absolute atomic E-state index is 12.7. The van der Waals surface area contributed by atoms with Crippen LogP contribution >= 0.6 is 0 Å². The first-order valence-electron chi connectivity index (χ1n) is 3.54. The van der Waals surface area contributed by atoms with E-state index in [1.54, 1.807) is 0 Å². The molecule has 0 unspecified atom stereocenters. The summed E-state index contributed by atoms with van der Waals surface area (Å²) in [7, 11) is 0. The Hall–Kier alpha value is -1.91. The van der Waals surface area contributed by atoms with Gasteiger partial charge in [-0.1, -0.05) is 0 Å². The van der Waals surface area contributed by atoms with E-state index >= 15 is 0 Å². The second kappa shape index (κ2) is 2.55. The van der Waals surface area contributed by atoms with Gasteiger partial charge in [0.1, 0.15) is 5.82 Å². The average Bonchev–Trinajstić information content (AvgIpc) is 2.46. The topological polar surface area (TPSA) is 54.6 Å². The highest BCUT2D eigenvalue weighted by atomic mass is 19.1. The number of fused-ring (bicyclic) bond motifs is 1. The van der Waals surface area contributed by atoms with Crippen molar-refractivity contribution >= 4 is 11.5 Å². The third-order valence-electron chi connectivity index (χ3n) is 1.68. The molecule has 2 heterocycles. The van der Waals surface area contributed by atoms with Crippen LogP contribution in [0.2, 0.25) is 0 Å². The summed E-state index contributed by atoms with van der Waals surface area (Å²) >= 11 is 0. The second-order valence-corrected chi connectivity index (χ2v) is 2.53. The Balaban J connectivity index is 2.79. The number of imidazole rings is 1. The Kier molecular flexibility index (Phi) is 1.51. The fraction of sp³-hybridized carbons (Fsp3) is 0. The van der Waals surface area contributed by atoms with Crippen LogP contribution in [-0.4, -0.2) is 20.5 Å².